The monoisotopic (exact) mass is 338 g/mol. The maximum atomic E-state index is 12.6. The lowest BCUT2D eigenvalue weighted by molar-refractivity contribution is -0.143. The van der Waals surface area contributed by atoms with Crippen molar-refractivity contribution in [2.75, 3.05) is 13.1 Å². The van der Waals surface area contributed by atoms with Crippen molar-refractivity contribution in [1.29, 1.82) is 0 Å². The van der Waals surface area contributed by atoms with Gasteiger partial charge in [-0.3, -0.25) is 14.5 Å². The topological polar surface area (TPSA) is 63.2 Å². The van der Waals surface area contributed by atoms with Crippen LogP contribution in [0.1, 0.15) is 13.8 Å². The number of morpholine rings is 1. The highest BCUT2D eigenvalue weighted by atomic mass is 32.1. The fourth-order valence-corrected chi connectivity index (χ4v) is 3.59. The van der Waals surface area contributed by atoms with Crippen molar-refractivity contribution in [2.24, 2.45) is 0 Å². The minimum Gasteiger partial charge on any atom is -0.372 e. The van der Waals surface area contributed by atoms with Crippen LogP contribution < -0.4 is 0 Å². The molecule has 118 valence electrons. The maximum Gasteiger partial charge on any atom is 0.242 e. The number of aromatic amines is 1. The zero-order valence-electron chi connectivity index (χ0n) is 12.5. The molecule has 0 saturated carbocycles. The number of hydrogen-bond acceptors (Lipinski definition) is 5. The summed E-state index contributed by atoms with van der Waals surface area (Å²) in [7, 11) is 0. The summed E-state index contributed by atoms with van der Waals surface area (Å²) in [6.07, 6.45) is 0.114. The first kappa shape index (κ1) is 15.4. The molecule has 0 aromatic carbocycles. The Kier molecular flexibility index (Phi) is 4.42. The molecule has 2 unspecified atom stereocenters. The number of carbonyl (C=O) groups excluding carboxylic acids is 1. The molecule has 1 aliphatic rings. The Morgan fingerprint density at radius 1 is 1.50 bits per heavy atom. The van der Waals surface area contributed by atoms with Gasteiger partial charge in [0.2, 0.25) is 5.91 Å². The third-order valence-electron chi connectivity index (χ3n) is 3.57. The van der Waals surface area contributed by atoms with E-state index in [4.69, 9.17) is 17.0 Å². The molecular formula is C14H18N4O2S2. The van der Waals surface area contributed by atoms with Crippen molar-refractivity contribution in [2.45, 2.75) is 32.6 Å². The zero-order valence-corrected chi connectivity index (χ0v) is 14.1. The van der Waals surface area contributed by atoms with Crippen molar-refractivity contribution in [1.82, 2.24) is 19.7 Å². The number of nitrogens with zero attached hydrogens (tertiary/aromatic N) is 3. The Morgan fingerprint density at radius 2 is 2.23 bits per heavy atom. The molecule has 6 nitrogen and oxygen atoms in total. The van der Waals surface area contributed by atoms with Crippen LogP contribution in [-0.4, -0.2) is 50.9 Å². The van der Waals surface area contributed by atoms with E-state index in [1.54, 1.807) is 15.9 Å². The summed E-state index contributed by atoms with van der Waals surface area (Å²) in [4.78, 5) is 15.4. The minimum atomic E-state index is 0.0392. The highest BCUT2D eigenvalue weighted by Gasteiger charge is 2.26. The summed E-state index contributed by atoms with van der Waals surface area (Å²) in [5, 5.41) is 9.00. The van der Waals surface area contributed by atoms with Gasteiger partial charge >= 0.3 is 0 Å². The third kappa shape index (κ3) is 3.13. The molecule has 2 aromatic rings. The van der Waals surface area contributed by atoms with Gasteiger partial charge in [-0.25, -0.2) is 0 Å². The molecule has 1 saturated heterocycles. The molecule has 0 bridgehead atoms. The van der Waals surface area contributed by atoms with E-state index < -0.39 is 0 Å². The van der Waals surface area contributed by atoms with Crippen molar-refractivity contribution >= 4 is 29.5 Å². The molecule has 2 atom stereocenters. The molecule has 3 rings (SSSR count). The molecule has 1 amide bonds. The average Bonchev–Trinajstić information content (AvgIpc) is 3.08. The van der Waals surface area contributed by atoms with Gasteiger partial charge in [0.25, 0.3) is 0 Å². The quantitative estimate of drug-likeness (QED) is 0.872. The summed E-state index contributed by atoms with van der Waals surface area (Å²) in [6, 6.07) is 3.92. The van der Waals surface area contributed by atoms with Gasteiger partial charge in [0.1, 0.15) is 6.54 Å². The highest BCUT2D eigenvalue weighted by molar-refractivity contribution is 7.71. The Balaban J connectivity index is 1.80. The first-order valence-corrected chi connectivity index (χ1v) is 8.45. The highest BCUT2D eigenvalue weighted by Crippen LogP contribution is 2.23. The van der Waals surface area contributed by atoms with Crippen LogP contribution in [0, 0.1) is 4.77 Å². The second kappa shape index (κ2) is 6.31. The molecule has 0 aliphatic carbocycles. The van der Waals surface area contributed by atoms with Crippen molar-refractivity contribution in [3.05, 3.63) is 22.3 Å². The van der Waals surface area contributed by atoms with Crippen LogP contribution in [-0.2, 0) is 16.1 Å². The molecule has 8 heteroatoms. The molecule has 1 N–H and O–H groups in total. The normalized spacial score (nSPS) is 22.0. The number of hydrogen-bond donors (Lipinski definition) is 1. The van der Waals surface area contributed by atoms with Gasteiger partial charge in [-0.05, 0) is 37.5 Å². The van der Waals surface area contributed by atoms with Crippen molar-refractivity contribution in [3.8, 4) is 10.7 Å². The number of ether oxygens (including phenoxy) is 1. The first-order valence-electron chi connectivity index (χ1n) is 7.17. The predicted octanol–water partition coefficient (Wildman–Crippen LogP) is 2.30. The van der Waals surface area contributed by atoms with Gasteiger partial charge in [-0.15, -0.1) is 11.3 Å². The lowest BCUT2D eigenvalue weighted by Gasteiger charge is -2.35. The van der Waals surface area contributed by atoms with E-state index in [1.165, 1.54) is 0 Å². The van der Waals surface area contributed by atoms with Crippen LogP contribution in [0.5, 0.6) is 0 Å². The maximum absolute atomic E-state index is 12.6. The summed E-state index contributed by atoms with van der Waals surface area (Å²) in [6.45, 7) is 5.39. The third-order valence-corrected chi connectivity index (χ3v) is 4.74. The lowest BCUT2D eigenvalue weighted by Crippen LogP contribution is -2.49. The summed E-state index contributed by atoms with van der Waals surface area (Å²) in [5.41, 5.74) is 0. The molecule has 22 heavy (non-hydrogen) atoms. The zero-order chi connectivity index (χ0) is 15.7. The summed E-state index contributed by atoms with van der Waals surface area (Å²) < 4.78 is 7.89. The SMILES string of the molecule is CC1CN(C(=O)Cn2c(-c3cccs3)n[nH]c2=S)CC(C)O1. The van der Waals surface area contributed by atoms with Gasteiger partial charge in [0.15, 0.2) is 10.6 Å². The Morgan fingerprint density at radius 3 is 2.86 bits per heavy atom. The van der Waals surface area contributed by atoms with Gasteiger partial charge < -0.3 is 9.64 Å². The summed E-state index contributed by atoms with van der Waals surface area (Å²) >= 11 is 6.84. The predicted molar refractivity (Wildman–Crippen MR) is 87.3 cm³/mol. The Labute approximate surface area is 137 Å². The standard InChI is InChI=1S/C14H18N4O2S2/c1-9-6-17(7-10(2)20-9)12(19)8-18-13(15-16-14(18)21)11-4-3-5-22-11/h3-5,9-10H,6-8H2,1-2H3,(H,16,21). The molecule has 1 fully saturated rings. The fraction of sp³-hybridized carbons (Fsp3) is 0.500. The van der Waals surface area contributed by atoms with E-state index in [9.17, 15) is 4.79 Å². The van der Waals surface area contributed by atoms with Crippen LogP contribution in [0.4, 0.5) is 0 Å². The van der Waals surface area contributed by atoms with E-state index in [-0.39, 0.29) is 24.7 Å². The molecule has 3 heterocycles. The largest absolute Gasteiger partial charge is 0.372 e. The van der Waals surface area contributed by atoms with Gasteiger partial charge in [0.05, 0.1) is 17.1 Å². The molecule has 0 spiro atoms. The number of rotatable bonds is 3. The first-order chi connectivity index (χ1) is 10.5. The smallest absolute Gasteiger partial charge is 0.242 e. The Bertz CT molecular complexity index is 697. The van der Waals surface area contributed by atoms with E-state index in [1.807, 2.05) is 36.3 Å². The van der Waals surface area contributed by atoms with Gasteiger partial charge in [-0.2, -0.15) is 5.10 Å². The van der Waals surface area contributed by atoms with Crippen molar-refractivity contribution in [3.63, 3.8) is 0 Å². The number of carbonyl (C=O) groups is 1. The average molecular weight is 338 g/mol. The van der Waals surface area contributed by atoms with Gasteiger partial charge in [0, 0.05) is 13.1 Å². The Hall–Kier alpha value is -1.51. The second-order valence-corrected chi connectivity index (χ2v) is 6.81. The molecular weight excluding hydrogens is 320 g/mol. The second-order valence-electron chi connectivity index (χ2n) is 5.47. The number of thiophene rings is 1. The van der Waals surface area contributed by atoms with Crippen molar-refractivity contribution < 1.29 is 9.53 Å². The minimum absolute atomic E-state index is 0.0392. The van der Waals surface area contributed by atoms with E-state index in [0.717, 1.165) is 4.88 Å². The van der Waals surface area contributed by atoms with E-state index in [0.29, 0.717) is 23.7 Å². The van der Waals surface area contributed by atoms with Crippen LogP contribution in [0.25, 0.3) is 10.7 Å². The molecule has 1 aliphatic heterocycles. The number of aromatic nitrogens is 3. The number of nitrogens with one attached hydrogen (secondary N) is 1. The van der Waals surface area contributed by atoms with Crippen LogP contribution >= 0.6 is 23.6 Å². The van der Waals surface area contributed by atoms with E-state index >= 15 is 0 Å². The van der Waals surface area contributed by atoms with Crippen LogP contribution in [0.15, 0.2) is 17.5 Å². The fourth-order valence-electron chi connectivity index (χ4n) is 2.68. The number of amides is 1. The lowest BCUT2D eigenvalue weighted by atomic mass is 10.2. The molecule has 0 radical (unpaired) electrons. The number of H-pyrrole nitrogens is 1. The van der Waals surface area contributed by atoms with Crippen LogP contribution in [0.2, 0.25) is 0 Å². The summed E-state index contributed by atoms with van der Waals surface area (Å²) in [5.74, 6) is 0.750. The van der Waals surface area contributed by atoms with Gasteiger partial charge in [-0.1, -0.05) is 6.07 Å². The van der Waals surface area contributed by atoms with E-state index in [2.05, 4.69) is 10.2 Å². The molecule has 2 aromatic heterocycles. The van der Waals surface area contributed by atoms with Crippen LogP contribution in [0.3, 0.4) is 0 Å².